The number of likely N-dealkylation sites (tertiary alicyclic amines) is 1. The molecule has 2 rings (SSSR count). The Bertz CT molecular complexity index is 434. The highest BCUT2D eigenvalue weighted by atomic mass is 127. The first-order valence-corrected chi connectivity index (χ1v) is 7.01. The molecule has 1 unspecified atom stereocenters. The van der Waals surface area contributed by atoms with E-state index in [2.05, 4.69) is 27.1 Å². The normalized spacial score (nSPS) is 20.7. The summed E-state index contributed by atoms with van der Waals surface area (Å²) in [5.41, 5.74) is -0.0816. The Morgan fingerprint density at radius 3 is 3.29 bits per heavy atom. The molecule has 1 aromatic heterocycles. The maximum absolute atomic E-state index is 11.4. The summed E-state index contributed by atoms with van der Waals surface area (Å²) in [6.07, 6.45) is 3.93. The lowest BCUT2D eigenvalue weighted by Gasteiger charge is -2.23. The summed E-state index contributed by atoms with van der Waals surface area (Å²) in [6.45, 7) is 5.32. The number of anilines is 1. The number of H-pyrrole nitrogens is 1. The van der Waals surface area contributed by atoms with Crippen molar-refractivity contribution in [3.63, 3.8) is 0 Å². The second-order valence-corrected chi connectivity index (χ2v) is 5.28. The molecule has 0 saturated carbocycles. The summed E-state index contributed by atoms with van der Waals surface area (Å²) in [4.78, 5) is 20.6. The van der Waals surface area contributed by atoms with Gasteiger partial charge in [-0.1, -0.05) is 6.92 Å². The van der Waals surface area contributed by atoms with E-state index in [0.717, 1.165) is 13.1 Å². The van der Waals surface area contributed by atoms with Crippen molar-refractivity contribution in [3.05, 3.63) is 20.3 Å². The number of likely N-dealkylation sites (N-methyl/N-ethyl adjacent to an activating group) is 1. The van der Waals surface area contributed by atoms with Gasteiger partial charge in [0, 0.05) is 12.6 Å². The van der Waals surface area contributed by atoms with Crippen molar-refractivity contribution in [1.82, 2.24) is 14.9 Å². The first kappa shape index (κ1) is 12.8. The van der Waals surface area contributed by atoms with E-state index in [1.165, 1.54) is 25.7 Å². The third-order valence-corrected chi connectivity index (χ3v) is 4.21. The van der Waals surface area contributed by atoms with E-state index in [-0.39, 0.29) is 5.56 Å². The first-order chi connectivity index (χ1) is 8.22. The summed E-state index contributed by atoms with van der Waals surface area (Å²) in [5, 5.41) is 3.28. The van der Waals surface area contributed by atoms with Crippen LogP contribution in [-0.2, 0) is 0 Å². The Labute approximate surface area is 114 Å². The van der Waals surface area contributed by atoms with Crippen molar-refractivity contribution in [2.45, 2.75) is 25.8 Å². The lowest BCUT2D eigenvalue weighted by atomic mass is 10.2. The van der Waals surface area contributed by atoms with Gasteiger partial charge in [-0.2, -0.15) is 0 Å². The van der Waals surface area contributed by atoms with Gasteiger partial charge < -0.3 is 10.3 Å². The third-order valence-electron chi connectivity index (χ3n) is 3.21. The predicted molar refractivity (Wildman–Crippen MR) is 76.3 cm³/mol. The highest BCUT2D eigenvalue weighted by molar-refractivity contribution is 14.1. The van der Waals surface area contributed by atoms with Crippen LogP contribution in [0.5, 0.6) is 0 Å². The van der Waals surface area contributed by atoms with Crippen LogP contribution in [-0.4, -0.2) is 40.5 Å². The Kier molecular flexibility index (Phi) is 4.38. The summed E-state index contributed by atoms with van der Waals surface area (Å²) >= 11 is 2.02. The van der Waals surface area contributed by atoms with E-state index < -0.39 is 0 Å². The van der Waals surface area contributed by atoms with Gasteiger partial charge in [0.15, 0.2) is 0 Å². The number of rotatable bonds is 4. The van der Waals surface area contributed by atoms with E-state index in [1.54, 1.807) is 0 Å². The summed E-state index contributed by atoms with van der Waals surface area (Å²) in [5.74, 6) is 0.692. The first-order valence-electron chi connectivity index (χ1n) is 5.93. The highest BCUT2D eigenvalue weighted by Crippen LogP contribution is 2.17. The maximum Gasteiger partial charge on any atom is 0.266 e. The van der Waals surface area contributed by atoms with E-state index in [4.69, 9.17) is 0 Å². The molecule has 1 atom stereocenters. The van der Waals surface area contributed by atoms with Crippen LogP contribution in [0.3, 0.4) is 0 Å². The molecule has 17 heavy (non-hydrogen) atoms. The molecule has 0 bridgehead atoms. The van der Waals surface area contributed by atoms with Crippen LogP contribution in [0.2, 0.25) is 0 Å². The molecular weight excluding hydrogens is 331 g/mol. The van der Waals surface area contributed by atoms with Crippen LogP contribution in [0.15, 0.2) is 11.1 Å². The molecule has 2 N–H and O–H groups in total. The summed E-state index contributed by atoms with van der Waals surface area (Å²) in [7, 11) is 0. The summed E-state index contributed by atoms with van der Waals surface area (Å²) < 4.78 is 0.631. The molecule has 1 saturated heterocycles. The van der Waals surface area contributed by atoms with Crippen molar-refractivity contribution in [1.29, 1.82) is 0 Å². The molecule has 1 aliphatic heterocycles. The summed E-state index contributed by atoms with van der Waals surface area (Å²) in [6, 6.07) is 0.567. The van der Waals surface area contributed by atoms with Crippen LogP contribution < -0.4 is 10.9 Å². The number of halogens is 1. The van der Waals surface area contributed by atoms with E-state index in [9.17, 15) is 4.79 Å². The predicted octanol–water partition coefficient (Wildman–Crippen LogP) is 1.27. The van der Waals surface area contributed by atoms with Crippen LogP contribution in [0.25, 0.3) is 0 Å². The van der Waals surface area contributed by atoms with Gasteiger partial charge in [-0.05, 0) is 48.5 Å². The second-order valence-electron chi connectivity index (χ2n) is 4.20. The molecular formula is C11H17IN4O. The molecule has 6 heteroatoms. The van der Waals surface area contributed by atoms with Crippen molar-refractivity contribution in [3.8, 4) is 0 Å². The number of hydrogen-bond donors (Lipinski definition) is 2. The number of aromatic amines is 1. The van der Waals surface area contributed by atoms with Crippen molar-refractivity contribution in [2.75, 3.05) is 25.0 Å². The van der Waals surface area contributed by atoms with Gasteiger partial charge in [-0.3, -0.25) is 9.69 Å². The highest BCUT2D eigenvalue weighted by Gasteiger charge is 2.22. The monoisotopic (exact) mass is 348 g/mol. The average Bonchev–Trinajstić information content (AvgIpc) is 2.78. The quantitative estimate of drug-likeness (QED) is 0.805. The van der Waals surface area contributed by atoms with Crippen molar-refractivity contribution >= 4 is 28.4 Å². The molecule has 5 nitrogen and oxygen atoms in total. The molecule has 1 fully saturated rings. The Morgan fingerprint density at radius 2 is 2.53 bits per heavy atom. The lowest BCUT2D eigenvalue weighted by molar-refractivity contribution is 0.277. The standard InChI is InChI=1S/C11H17IN4O/c1-2-16-5-3-4-8(16)6-13-10-9(12)11(17)15-7-14-10/h7-8H,2-6H2,1H3,(H2,13,14,15,17). The van der Waals surface area contributed by atoms with E-state index >= 15 is 0 Å². The van der Waals surface area contributed by atoms with E-state index in [0.29, 0.717) is 15.4 Å². The van der Waals surface area contributed by atoms with Crippen molar-refractivity contribution in [2.24, 2.45) is 0 Å². The van der Waals surface area contributed by atoms with Gasteiger partial charge in [-0.15, -0.1) is 0 Å². The van der Waals surface area contributed by atoms with Crippen LogP contribution >= 0.6 is 22.6 Å². The fourth-order valence-corrected chi connectivity index (χ4v) is 2.75. The number of nitrogens with zero attached hydrogens (tertiary/aromatic N) is 2. The maximum atomic E-state index is 11.4. The Hall–Kier alpha value is -0.630. The van der Waals surface area contributed by atoms with Crippen molar-refractivity contribution < 1.29 is 0 Å². The zero-order valence-corrected chi connectivity index (χ0v) is 12.0. The molecule has 1 aromatic rings. The minimum Gasteiger partial charge on any atom is -0.367 e. The van der Waals surface area contributed by atoms with Gasteiger partial charge in [0.1, 0.15) is 9.39 Å². The third kappa shape index (κ3) is 2.98. The average molecular weight is 348 g/mol. The van der Waals surface area contributed by atoms with Gasteiger partial charge in [0.05, 0.1) is 6.33 Å². The van der Waals surface area contributed by atoms with E-state index in [1.807, 2.05) is 22.6 Å². The smallest absolute Gasteiger partial charge is 0.266 e. The molecule has 0 spiro atoms. The molecule has 0 amide bonds. The van der Waals surface area contributed by atoms with Crippen LogP contribution in [0, 0.1) is 3.57 Å². The lowest BCUT2D eigenvalue weighted by Crippen LogP contribution is -2.35. The molecule has 1 aliphatic rings. The zero-order chi connectivity index (χ0) is 12.3. The topological polar surface area (TPSA) is 61.0 Å². The van der Waals surface area contributed by atoms with Crippen LogP contribution in [0.4, 0.5) is 5.82 Å². The molecule has 0 aliphatic carbocycles. The zero-order valence-electron chi connectivity index (χ0n) is 9.87. The van der Waals surface area contributed by atoms with Gasteiger partial charge in [-0.25, -0.2) is 4.98 Å². The number of nitrogens with one attached hydrogen (secondary N) is 2. The van der Waals surface area contributed by atoms with Gasteiger partial charge in [0.2, 0.25) is 0 Å². The number of hydrogen-bond acceptors (Lipinski definition) is 4. The fourth-order valence-electron chi connectivity index (χ4n) is 2.26. The molecule has 0 radical (unpaired) electrons. The Morgan fingerprint density at radius 1 is 1.71 bits per heavy atom. The largest absolute Gasteiger partial charge is 0.367 e. The van der Waals surface area contributed by atoms with Gasteiger partial charge >= 0.3 is 0 Å². The molecule has 2 heterocycles. The Balaban J connectivity index is 1.98. The second kappa shape index (κ2) is 5.81. The SMILES string of the molecule is CCN1CCCC1CNc1nc[nH]c(=O)c1I. The minimum absolute atomic E-state index is 0.0816. The van der Waals surface area contributed by atoms with Crippen LogP contribution in [0.1, 0.15) is 19.8 Å². The van der Waals surface area contributed by atoms with Gasteiger partial charge in [0.25, 0.3) is 5.56 Å². The molecule has 94 valence electrons. The minimum atomic E-state index is -0.0816. The number of aromatic nitrogens is 2. The fraction of sp³-hybridized carbons (Fsp3) is 0.636. The molecule has 0 aromatic carbocycles.